The number of fused-ring (bicyclic) bond motifs is 1. The molecule has 0 saturated heterocycles. The smallest absolute Gasteiger partial charge is 0.141 e. The Balaban J connectivity index is 2.09. The molecule has 3 rings (SSSR count). The van der Waals surface area contributed by atoms with Crippen LogP contribution in [0.15, 0.2) is 18.5 Å². The minimum absolute atomic E-state index is 0.554. The molecule has 0 bridgehead atoms. The number of H-pyrrole nitrogens is 1. The molecule has 0 spiro atoms. The second-order valence-corrected chi connectivity index (χ2v) is 4.35. The molecule has 0 saturated carbocycles. The maximum Gasteiger partial charge on any atom is 0.141 e. The Morgan fingerprint density at radius 2 is 2.38 bits per heavy atom. The number of nitrogens with one attached hydrogen (secondary N) is 1. The van der Waals surface area contributed by atoms with Crippen LogP contribution in [0, 0.1) is 0 Å². The van der Waals surface area contributed by atoms with Crippen LogP contribution in [0.5, 0.6) is 0 Å². The number of aromatic nitrogens is 3. The quantitative estimate of drug-likeness (QED) is 0.763. The van der Waals surface area contributed by atoms with Crippen molar-refractivity contribution in [2.45, 2.75) is 25.7 Å². The van der Waals surface area contributed by atoms with Gasteiger partial charge in [-0.05, 0) is 18.9 Å². The summed E-state index contributed by atoms with van der Waals surface area (Å²) in [6.45, 7) is 2.21. The van der Waals surface area contributed by atoms with E-state index in [9.17, 15) is 0 Å². The van der Waals surface area contributed by atoms with E-state index in [4.69, 9.17) is 5.73 Å². The summed E-state index contributed by atoms with van der Waals surface area (Å²) in [5.74, 6) is 1.40. The standard InChI is InChI=1S/C12H14N4/c1-7-2-3-10-11(7)16-12(15-10)8-6-14-5-4-9(8)13/h4-7H,2-3H2,1H3,(H2,13,14)(H,15,16). The number of pyridine rings is 1. The third kappa shape index (κ3) is 1.30. The zero-order valence-electron chi connectivity index (χ0n) is 9.20. The maximum absolute atomic E-state index is 5.91. The second kappa shape index (κ2) is 3.33. The number of aromatic amines is 1. The van der Waals surface area contributed by atoms with Gasteiger partial charge in [0.1, 0.15) is 5.82 Å². The molecule has 4 heteroatoms. The number of hydrogen-bond acceptors (Lipinski definition) is 3. The van der Waals surface area contributed by atoms with Gasteiger partial charge in [-0.2, -0.15) is 0 Å². The first-order valence-electron chi connectivity index (χ1n) is 5.54. The lowest BCUT2D eigenvalue weighted by molar-refractivity contribution is 0.726. The van der Waals surface area contributed by atoms with Crippen molar-refractivity contribution >= 4 is 5.69 Å². The van der Waals surface area contributed by atoms with Gasteiger partial charge in [-0.15, -0.1) is 0 Å². The molecule has 16 heavy (non-hydrogen) atoms. The van der Waals surface area contributed by atoms with Crippen molar-refractivity contribution in [1.29, 1.82) is 0 Å². The van der Waals surface area contributed by atoms with Gasteiger partial charge in [0.15, 0.2) is 0 Å². The van der Waals surface area contributed by atoms with Crippen LogP contribution in [-0.4, -0.2) is 15.0 Å². The van der Waals surface area contributed by atoms with E-state index in [-0.39, 0.29) is 0 Å². The number of rotatable bonds is 1. The summed E-state index contributed by atoms with van der Waals surface area (Å²) in [7, 11) is 0. The molecule has 0 aliphatic heterocycles. The fraction of sp³-hybridized carbons (Fsp3) is 0.333. The summed E-state index contributed by atoms with van der Waals surface area (Å²) in [5.41, 5.74) is 9.96. The molecule has 1 unspecified atom stereocenters. The SMILES string of the molecule is CC1CCc2[nH]c(-c3cnccc3N)nc21. The van der Waals surface area contributed by atoms with Gasteiger partial charge in [-0.25, -0.2) is 4.98 Å². The van der Waals surface area contributed by atoms with Crippen LogP contribution in [-0.2, 0) is 6.42 Å². The summed E-state index contributed by atoms with van der Waals surface area (Å²) in [6.07, 6.45) is 5.73. The highest BCUT2D eigenvalue weighted by Crippen LogP contribution is 2.33. The molecule has 4 nitrogen and oxygen atoms in total. The topological polar surface area (TPSA) is 67.6 Å². The van der Waals surface area contributed by atoms with E-state index in [1.54, 1.807) is 18.5 Å². The van der Waals surface area contributed by atoms with Crippen molar-refractivity contribution in [1.82, 2.24) is 15.0 Å². The highest BCUT2D eigenvalue weighted by atomic mass is 15.0. The van der Waals surface area contributed by atoms with Crippen LogP contribution in [0.2, 0.25) is 0 Å². The van der Waals surface area contributed by atoms with E-state index < -0.39 is 0 Å². The van der Waals surface area contributed by atoms with Crippen LogP contribution in [0.25, 0.3) is 11.4 Å². The minimum Gasteiger partial charge on any atom is -0.398 e. The lowest BCUT2D eigenvalue weighted by atomic mass is 10.1. The molecule has 2 aromatic rings. The fourth-order valence-electron chi connectivity index (χ4n) is 2.25. The molecule has 1 aliphatic rings. The first-order valence-corrected chi connectivity index (χ1v) is 5.54. The van der Waals surface area contributed by atoms with Gasteiger partial charge < -0.3 is 10.7 Å². The second-order valence-electron chi connectivity index (χ2n) is 4.35. The largest absolute Gasteiger partial charge is 0.398 e. The molecule has 0 fully saturated rings. The zero-order chi connectivity index (χ0) is 11.1. The van der Waals surface area contributed by atoms with Gasteiger partial charge in [-0.3, -0.25) is 4.98 Å². The lowest BCUT2D eigenvalue weighted by Gasteiger charge is -2.02. The summed E-state index contributed by atoms with van der Waals surface area (Å²) in [6, 6.07) is 1.80. The van der Waals surface area contributed by atoms with Gasteiger partial charge in [0.05, 0.1) is 11.3 Å². The number of hydrogen-bond donors (Lipinski definition) is 2. The molecule has 1 atom stereocenters. The van der Waals surface area contributed by atoms with Crippen molar-refractivity contribution in [3.63, 3.8) is 0 Å². The molecule has 0 radical (unpaired) electrons. The predicted octanol–water partition coefficient (Wildman–Crippen LogP) is 2.10. The highest BCUT2D eigenvalue weighted by molar-refractivity contribution is 5.70. The molecular formula is C12H14N4. The van der Waals surface area contributed by atoms with Gasteiger partial charge in [0, 0.05) is 29.7 Å². The molecule has 2 heterocycles. The zero-order valence-corrected chi connectivity index (χ0v) is 9.20. The fourth-order valence-corrected chi connectivity index (χ4v) is 2.25. The Bertz CT molecular complexity index is 530. The molecule has 3 N–H and O–H groups in total. The summed E-state index contributed by atoms with van der Waals surface area (Å²) in [4.78, 5) is 12.1. The number of nitrogens with zero attached hydrogens (tertiary/aromatic N) is 2. The van der Waals surface area contributed by atoms with Crippen molar-refractivity contribution in [2.75, 3.05) is 5.73 Å². The molecule has 1 aliphatic carbocycles. The Morgan fingerprint density at radius 1 is 1.50 bits per heavy atom. The Morgan fingerprint density at radius 3 is 3.12 bits per heavy atom. The molecule has 82 valence electrons. The van der Waals surface area contributed by atoms with E-state index >= 15 is 0 Å². The first-order chi connectivity index (χ1) is 7.75. The van der Waals surface area contributed by atoms with Crippen molar-refractivity contribution < 1.29 is 0 Å². The predicted molar refractivity (Wildman–Crippen MR) is 63.0 cm³/mol. The van der Waals surface area contributed by atoms with E-state index in [2.05, 4.69) is 21.9 Å². The Labute approximate surface area is 93.9 Å². The van der Waals surface area contributed by atoms with Crippen molar-refractivity contribution in [3.8, 4) is 11.4 Å². The van der Waals surface area contributed by atoms with Gasteiger partial charge in [0.2, 0.25) is 0 Å². The van der Waals surface area contributed by atoms with Crippen LogP contribution in [0.3, 0.4) is 0 Å². The van der Waals surface area contributed by atoms with Gasteiger partial charge in [-0.1, -0.05) is 6.92 Å². The molecular weight excluding hydrogens is 200 g/mol. The monoisotopic (exact) mass is 214 g/mol. The average Bonchev–Trinajstić information content (AvgIpc) is 2.82. The van der Waals surface area contributed by atoms with Gasteiger partial charge >= 0.3 is 0 Å². The van der Waals surface area contributed by atoms with Crippen LogP contribution < -0.4 is 5.73 Å². The van der Waals surface area contributed by atoms with Crippen molar-refractivity contribution in [2.24, 2.45) is 0 Å². The maximum atomic E-state index is 5.91. The number of imidazole rings is 1. The Kier molecular flexibility index (Phi) is 1.96. The normalized spacial score (nSPS) is 18.7. The molecule has 0 amide bonds. The minimum atomic E-state index is 0.554. The van der Waals surface area contributed by atoms with Crippen LogP contribution in [0.4, 0.5) is 5.69 Å². The number of anilines is 1. The van der Waals surface area contributed by atoms with E-state index in [1.165, 1.54) is 17.8 Å². The molecule has 0 aromatic carbocycles. The van der Waals surface area contributed by atoms with E-state index in [1.807, 2.05) is 0 Å². The van der Waals surface area contributed by atoms with Crippen molar-refractivity contribution in [3.05, 3.63) is 29.8 Å². The summed E-state index contributed by atoms with van der Waals surface area (Å²) >= 11 is 0. The average molecular weight is 214 g/mol. The summed E-state index contributed by atoms with van der Waals surface area (Å²) < 4.78 is 0. The number of nitrogens with two attached hydrogens (primary N) is 1. The first kappa shape index (κ1) is 9.39. The number of aryl methyl sites for hydroxylation is 1. The third-order valence-corrected chi connectivity index (χ3v) is 3.21. The van der Waals surface area contributed by atoms with Gasteiger partial charge in [0.25, 0.3) is 0 Å². The number of nitrogen functional groups attached to an aromatic ring is 1. The van der Waals surface area contributed by atoms with E-state index in [0.717, 1.165) is 23.5 Å². The third-order valence-electron chi connectivity index (χ3n) is 3.21. The highest BCUT2D eigenvalue weighted by Gasteiger charge is 2.23. The summed E-state index contributed by atoms with van der Waals surface area (Å²) in [5, 5.41) is 0. The van der Waals surface area contributed by atoms with Crippen LogP contribution in [0.1, 0.15) is 30.7 Å². The van der Waals surface area contributed by atoms with Crippen LogP contribution >= 0.6 is 0 Å². The molecule has 2 aromatic heterocycles. The lowest BCUT2D eigenvalue weighted by Crippen LogP contribution is -1.93. The van der Waals surface area contributed by atoms with E-state index in [0.29, 0.717) is 5.92 Å². The Hall–Kier alpha value is -1.84.